The molecule has 0 spiro atoms. The van der Waals surface area contributed by atoms with Gasteiger partial charge in [0.25, 0.3) is 0 Å². The van der Waals surface area contributed by atoms with Gasteiger partial charge in [0.05, 0.1) is 13.2 Å². The maximum absolute atomic E-state index is 12.8. The average Bonchev–Trinajstić information content (AvgIpc) is 3.21. The van der Waals surface area contributed by atoms with Crippen molar-refractivity contribution in [2.75, 3.05) is 33.5 Å². The van der Waals surface area contributed by atoms with Gasteiger partial charge in [-0.3, -0.25) is 9.69 Å². The summed E-state index contributed by atoms with van der Waals surface area (Å²) < 4.78 is 16.3. The predicted molar refractivity (Wildman–Crippen MR) is 93.8 cm³/mol. The van der Waals surface area contributed by atoms with E-state index in [9.17, 15) is 4.79 Å². The predicted octanol–water partition coefficient (Wildman–Crippen LogP) is 1.19. The van der Waals surface area contributed by atoms with Crippen molar-refractivity contribution in [3.63, 3.8) is 0 Å². The largest absolute Gasteiger partial charge is 0.493 e. The third kappa shape index (κ3) is 3.52. The minimum Gasteiger partial charge on any atom is -0.493 e. The molecule has 0 radical (unpaired) electrons. The highest BCUT2D eigenvalue weighted by atomic mass is 16.7. The third-order valence-corrected chi connectivity index (χ3v) is 4.90. The highest BCUT2D eigenvalue weighted by Gasteiger charge is 2.37. The van der Waals surface area contributed by atoms with E-state index in [-0.39, 0.29) is 24.8 Å². The number of ether oxygens (including phenoxy) is 3. The Balaban J connectivity index is 1.80. The molecule has 1 aromatic carbocycles. The normalized spacial score (nSPS) is 22.2. The summed E-state index contributed by atoms with van der Waals surface area (Å²) in [5.74, 6) is 2.13. The molecule has 138 valence electrons. The number of carbonyl (C=O) groups is 1. The number of hydrogen-bond acceptors (Lipinski definition) is 6. The van der Waals surface area contributed by atoms with Crippen LogP contribution in [0.1, 0.15) is 25.8 Å². The molecule has 0 saturated carbocycles. The third-order valence-electron chi connectivity index (χ3n) is 4.90. The Labute approximate surface area is 148 Å². The van der Waals surface area contributed by atoms with Crippen molar-refractivity contribution >= 4 is 5.91 Å². The highest BCUT2D eigenvalue weighted by molar-refractivity contribution is 5.82. The van der Waals surface area contributed by atoms with E-state index < -0.39 is 0 Å². The van der Waals surface area contributed by atoms with Crippen molar-refractivity contribution in [2.45, 2.75) is 38.9 Å². The number of methoxy groups -OCH3 is 1. The summed E-state index contributed by atoms with van der Waals surface area (Å²) in [6, 6.07) is 3.73. The van der Waals surface area contributed by atoms with Crippen LogP contribution in [0.3, 0.4) is 0 Å². The van der Waals surface area contributed by atoms with E-state index in [1.807, 2.05) is 30.9 Å². The second-order valence-electron chi connectivity index (χ2n) is 6.48. The summed E-state index contributed by atoms with van der Waals surface area (Å²) >= 11 is 0. The number of fused-ring (bicyclic) bond motifs is 1. The molecule has 1 saturated heterocycles. The van der Waals surface area contributed by atoms with Gasteiger partial charge in [0.15, 0.2) is 11.5 Å². The maximum atomic E-state index is 12.8. The van der Waals surface area contributed by atoms with Gasteiger partial charge in [-0.2, -0.15) is 0 Å². The van der Waals surface area contributed by atoms with Gasteiger partial charge in [-0.05, 0) is 38.0 Å². The van der Waals surface area contributed by atoms with E-state index in [2.05, 4.69) is 4.90 Å². The smallest absolute Gasteiger partial charge is 0.239 e. The standard InChI is InChI=1S/C18H27N3O4/c1-4-20(5-2)18(22)14-8-13(19)10-21(14)9-12-6-15(23-3)17-16(7-12)24-11-25-17/h6-7,13-14H,4-5,8-11,19H2,1-3H3/t13-,14+/m1/s1. The second-order valence-corrected chi connectivity index (χ2v) is 6.48. The summed E-state index contributed by atoms with van der Waals surface area (Å²) in [5, 5.41) is 0. The van der Waals surface area contributed by atoms with E-state index >= 15 is 0 Å². The Morgan fingerprint density at radius 3 is 2.80 bits per heavy atom. The summed E-state index contributed by atoms with van der Waals surface area (Å²) in [5.41, 5.74) is 7.18. The topological polar surface area (TPSA) is 77.3 Å². The number of nitrogens with zero attached hydrogens (tertiary/aromatic N) is 2. The number of hydrogen-bond donors (Lipinski definition) is 1. The SMILES string of the molecule is CCN(CC)C(=O)[C@@H]1C[C@@H](N)CN1Cc1cc(OC)c2c(c1)OCO2. The Kier molecular flexibility index (Phi) is 5.34. The van der Waals surface area contributed by atoms with Gasteiger partial charge in [0.1, 0.15) is 0 Å². The minimum atomic E-state index is -0.175. The Hall–Kier alpha value is -1.99. The molecule has 2 heterocycles. The van der Waals surface area contributed by atoms with Gasteiger partial charge in [-0.25, -0.2) is 0 Å². The minimum absolute atomic E-state index is 0.0143. The quantitative estimate of drug-likeness (QED) is 0.831. The number of nitrogens with two attached hydrogens (primary N) is 1. The van der Waals surface area contributed by atoms with Crippen molar-refractivity contribution in [1.29, 1.82) is 0 Å². The van der Waals surface area contributed by atoms with Crippen molar-refractivity contribution in [1.82, 2.24) is 9.80 Å². The van der Waals surface area contributed by atoms with Crippen molar-refractivity contribution < 1.29 is 19.0 Å². The summed E-state index contributed by atoms with van der Waals surface area (Å²) in [7, 11) is 1.61. The number of rotatable bonds is 6. The lowest BCUT2D eigenvalue weighted by Gasteiger charge is -2.29. The molecular weight excluding hydrogens is 322 g/mol. The fourth-order valence-corrected chi connectivity index (χ4v) is 3.63. The molecule has 0 aliphatic carbocycles. The summed E-state index contributed by atoms with van der Waals surface area (Å²) in [6.07, 6.45) is 0.691. The van der Waals surface area contributed by atoms with Gasteiger partial charge < -0.3 is 24.8 Å². The maximum Gasteiger partial charge on any atom is 0.239 e. The van der Waals surface area contributed by atoms with Gasteiger partial charge in [-0.15, -0.1) is 0 Å². The lowest BCUT2D eigenvalue weighted by Crippen LogP contribution is -2.45. The molecule has 25 heavy (non-hydrogen) atoms. The zero-order valence-corrected chi connectivity index (χ0v) is 15.2. The Morgan fingerprint density at radius 1 is 1.36 bits per heavy atom. The van der Waals surface area contributed by atoms with Crippen LogP contribution in [0.15, 0.2) is 12.1 Å². The van der Waals surface area contributed by atoms with Gasteiger partial charge >= 0.3 is 0 Å². The van der Waals surface area contributed by atoms with Crippen LogP contribution in [-0.2, 0) is 11.3 Å². The van der Waals surface area contributed by atoms with Crippen LogP contribution in [0.2, 0.25) is 0 Å². The van der Waals surface area contributed by atoms with Gasteiger partial charge in [0, 0.05) is 32.2 Å². The van der Waals surface area contributed by atoms with Crippen LogP contribution in [0.5, 0.6) is 17.2 Å². The number of carbonyl (C=O) groups excluding carboxylic acids is 1. The van der Waals surface area contributed by atoms with E-state index in [4.69, 9.17) is 19.9 Å². The fourth-order valence-electron chi connectivity index (χ4n) is 3.63. The van der Waals surface area contributed by atoms with E-state index in [1.165, 1.54) is 0 Å². The molecule has 0 aromatic heterocycles. The monoisotopic (exact) mass is 349 g/mol. The van der Waals surface area contributed by atoms with Crippen LogP contribution < -0.4 is 19.9 Å². The van der Waals surface area contributed by atoms with Crippen LogP contribution in [0, 0.1) is 0 Å². The number of amides is 1. The molecule has 1 fully saturated rings. The van der Waals surface area contributed by atoms with Gasteiger partial charge in [-0.1, -0.05) is 0 Å². The molecule has 1 aromatic rings. The average molecular weight is 349 g/mol. The molecule has 2 aliphatic heterocycles. The first-order chi connectivity index (χ1) is 12.1. The number of likely N-dealkylation sites (tertiary alicyclic amines) is 1. The Bertz CT molecular complexity index is 633. The highest BCUT2D eigenvalue weighted by Crippen LogP contribution is 2.42. The van der Waals surface area contributed by atoms with Crippen molar-refractivity contribution in [3.05, 3.63) is 17.7 Å². The first-order valence-electron chi connectivity index (χ1n) is 8.82. The molecule has 1 amide bonds. The number of likely N-dealkylation sites (N-methyl/N-ethyl adjacent to an activating group) is 1. The first kappa shape index (κ1) is 17.8. The second kappa shape index (κ2) is 7.49. The van der Waals surface area contributed by atoms with Crippen molar-refractivity contribution in [2.24, 2.45) is 5.73 Å². The molecule has 2 aliphatic rings. The molecule has 7 heteroatoms. The molecule has 0 bridgehead atoms. The summed E-state index contributed by atoms with van der Waals surface area (Å²) in [4.78, 5) is 16.8. The van der Waals surface area contributed by atoms with Crippen LogP contribution in [0.4, 0.5) is 0 Å². The van der Waals surface area contributed by atoms with E-state index in [1.54, 1.807) is 7.11 Å². The zero-order chi connectivity index (χ0) is 18.0. The molecule has 0 unspecified atom stereocenters. The fraction of sp³-hybridized carbons (Fsp3) is 0.611. The lowest BCUT2D eigenvalue weighted by molar-refractivity contribution is -0.135. The van der Waals surface area contributed by atoms with Crippen LogP contribution >= 0.6 is 0 Å². The van der Waals surface area contributed by atoms with Gasteiger partial charge in [0.2, 0.25) is 18.4 Å². The molecule has 2 N–H and O–H groups in total. The molecular formula is C18H27N3O4. The summed E-state index contributed by atoms with van der Waals surface area (Å²) in [6.45, 7) is 6.96. The Morgan fingerprint density at radius 2 is 2.12 bits per heavy atom. The number of benzene rings is 1. The van der Waals surface area contributed by atoms with E-state index in [0.29, 0.717) is 49.8 Å². The molecule has 2 atom stereocenters. The van der Waals surface area contributed by atoms with Crippen LogP contribution in [-0.4, -0.2) is 61.3 Å². The molecule has 3 rings (SSSR count). The first-order valence-corrected chi connectivity index (χ1v) is 8.82. The van der Waals surface area contributed by atoms with Crippen molar-refractivity contribution in [3.8, 4) is 17.2 Å². The lowest BCUT2D eigenvalue weighted by atomic mass is 10.1. The van der Waals surface area contributed by atoms with E-state index in [0.717, 1.165) is 5.56 Å². The van der Waals surface area contributed by atoms with Crippen LogP contribution in [0.25, 0.3) is 0 Å². The zero-order valence-electron chi connectivity index (χ0n) is 15.2. The molecule has 7 nitrogen and oxygen atoms in total.